The van der Waals surface area contributed by atoms with E-state index in [9.17, 15) is 4.79 Å². The molecule has 3 aliphatic rings. The molecule has 8 nitrogen and oxygen atoms in total. The lowest BCUT2D eigenvalue weighted by Gasteiger charge is -2.37. The van der Waals surface area contributed by atoms with E-state index < -0.39 is 0 Å². The smallest absolute Gasteiger partial charge is 0.316 e. The Morgan fingerprint density at radius 2 is 1.79 bits per heavy atom. The fraction of sp³-hybridized carbons (Fsp3) is 0.567. The highest BCUT2D eigenvalue weighted by Crippen LogP contribution is 2.35. The molecule has 212 valence electrons. The van der Waals surface area contributed by atoms with Crippen LogP contribution in [-0.4, -0.2) is 47.3 Å². The highest BCUT2D eigenvalue weighted by Gasteiger charge is 2.40. The van der Waals surface area contributed by atoms with E-state index in [0.29, 0.717) is 30.0 Å². The number of carbonyl (C=O) groups excluding carboxylic acids is 1. The number of urea groups is 1. The molecular weight excluding hydrogens is 506 g/mol. The lowest BCUT2D eigenvalue weighted by Crippen LogP contribution is -2.51. The number of hydrazine groups is 2. The summed E-state index contributed by atoms with van der Waals surface area (Å²) in [7, 11) is 0. The Hall–Kier alpha value is -2.30. The van der Waals surface area contributed by atoms with Crippen molar-refractivity contribution < 1.29 is 4.79 Å². The van der Waals surface area contributed by atoms with Crippen LogP contribution in [0.15, 0.2) is 59.5 Å². The molecule has 0 spiro atoms. The lowest BCUT2D eigenvalue weighted by atomic mass is 9.85. The number of thioether (sulfide) groups is 1. The van der Waals surface area contributed by atoms with Gasteiger partial charge in [0.2, 0.25) is 0 Å². The lowest BCUT2D eigenvalue weighted by molar-refractivity contribution is 0.118. The molecule has 0 saturated carbocycles. The molecule has 9 heteroatoms. The van der Waals surface area contributed by atoms with Crippen LogP contribution in [0.4, 0.5) is 10.5 Å². The number of para-hydroxylation sites is 1. The summed E-state index contributed by atoms with van der Waals surface area (Å²) in [6, 6.07) is 18.8. The first kappa shape index (κ1) is 28.2. The normalized spacial score (nSPS) is 27.5. The number of rotatable bonds is 7. The molecule has 5 rings (SSSR count). The van der Waals surface area contributed by atoms with Gasteiger partial charge in [0.05, 0.1) is 18.0 Å². The van der Waals surface area contributed by atoms with Gasteiger partial charge in [-0.1, -0.05) is 71.0 Å². The quantitative estimate of drug-likeness (QED) is 0.344. The van der Waals surface area contributed by atoms with Crippen LogP contribution in [0.3, 0.4) is 0 Å². The van der Waals surface area contributed by atoms with Gasteiger partial charge in [-0.25, -0.2) is 21.1 Å². The maximum Gasteiger partial charge on any atom is 0.316 e. The minimum Gasteiger partial charge on any atom is -0.334 e. The van der Waals surface area contributed by atoms with Crippen LogP contribution in [0, 0.1) is 11.3 Å². The molecule has 3 aliphatic heterocycles. The van der Waals surface area contributed by atoms with E-state index in [1.54, 1.807) is 0 Å². The number of anilines is 1. The molecule has 0 radical (unpaired) electrons. The second kappa shape index (κ2) is 12.1. The maximum atomic E-state index is 13.1. The van der Waals surface area contributed by atoms with E-state index in [-0.39, 0.29) is 23.7 Å². The third kappa shape index (κ3) is 6.72. The fourth-order valence-corrected chi connectivity index (χ4v) is 7.12. The molecule has 5 N–H and O–H groups in total. The topological polar surface area (TPSA) is 83.7 Å². The second-order valence-corrected chi connectivity index (χ2v) is 13.8. The monoisotopic (exact) mass is 551 g/mol. The zero-order valence-corrected chi connectivity index (χ0v) is 24.7. The molecule has 5 atom stereocenters. The number of amides is 2. The van der Waals surface area contributed by atoms with Gasteiger partial charge in [0.1, 0.15) is 6.17 Å². The van der Waals surface area contributed by atoms with Crippen LogP contribution < -0.4 is 31.9 Å². The van der Waals surface area contributed by atoms with E-state index in [1.165, 1.54) is 11.3 Å². The molecule has 2 aromatic carbocycles. The predicted molar refractivity (Wildman–Crippen MR) is 160 cm³/mol. The molecule has 39 heavy (non-hydrogen) atoms. The molecule has 0 bridgehead atoms. The van der Waals surface area contributed by atoms with E-state index in [2.05, 4.69) is 108 Å². The van der Waals surface area contributed by atoms with Gasteiger partial charge in [0.25, 0.3) is 0 Å². The van der Waals surface area contributed by atoms with Crippen molar-refractivity contribution in [3.63, 3.8) is 0 Å². The van der Waals surface area contributed by atoms with Gasteiger partial charge in [-0.2, -0.15) is 0 Å². The Labute approximate surface area is 238 Å². The van der Waals surface area contributed by atoms with Crippen LogP contribution >= 0.6 is 11.8 Å². The maximum absolute atomic E-state index is 13.1. The standard InChI is InChI=1S/C30H45N7OS/c1-20(2)28-34-33-26-16-15-23(19-36(26)28)39-24-14-10-9-11-21(24)18-31-29(38)32-27-17-25(30(3,4)5)35-37(27)22-12-7-6-8-13-22/h6-14,20,23,25-28,33-35H,15-19H2,1-5H3,(H2,31,32,38). The van der Waals surface area contributed by atoms with Gasteiger partial charge in [0, 0.05) is 35.7 Å². The molecule has 3 saturated heterocycles. The van der Waals surface area contributed by atoms with E-state index >= 15 is 0 Å². The first-order valence-electron chi connectivity index (χ1n) is 14.3. The first-order valence-corrected chi connectivity index (χ1v) is 15.2. The molecule has 2 aromatic rings. The van der Waals surface area contributed by atoms with Crippen molar-refractivity contribution >= 4 is 23.5 Å². The van der Waals surface area contributed by atoms with Gasteiger partial charge in [-0.15, -0.1) is 11.8 Å². The summed E-state index contributed by atoms with van der Waals surface area (Å²) in [5.74, 6) is 0.549. The Kier molecular flexibility index (Phi) is 8.73. The van der Waals surface area contributed by atoms with Gasteiger partial charge >= 0.3 is 6.03 Å². The van der Waals surface area contributed by atoms with Gasteiger partial charge in [-0.3, -0.25) is 9.91 Å². The number of nitrogens with one attached hydrogen (secondary N) is 5. The highest BCUT2D eigenvalue weighted by molar-refractivity contribution is 8.00. The average molecular weight is 552 g/mol. The number of fused-ring (bicyclic) bond motifs is 1. The first-order chi connectivity index (χ1) is 18.7. The van der Waals surface area contributed by atoms with Crippen molar-refractivity contribution in [3.8, 4) is 0 Å². The number of hydrogen-bond donors (Lipinski definition) is 5. The number of carbonyl (C=O) groups is 1. The van der Waals surface area contributed by atoms with E-state index in [0.717, 1.165) is 30.6 Å². The Balaban J connectivity index is 1.19. The zero-order valence-electron chi connectivity index (χ0n) is 23.9. The predicted octanol–water partition coefficient (Wildman–Crippen LogP) is 4.61. The number of nitrogens with zero attached hydrogens (tertiary/aromatic N) is 2. The summed E-state index contributed by atoms with van der Waals surface area (Å²) >= 11 is 1.95. The van der Waals surface area contributed by atoms with Crippen LogP contribution in [0.5, 0.6) is 0 Å². The van der Waals surface area contributed by atoms with Crippen molar-refractivity contribution in [3.05, 3.63) is 60.2 Å². The van der Waals surface area contributed by atoms with Gasteiger partial charge in [0.15, 0.2) is 0 Å². The van der Waals surface area contributed by atoms with E-state index in [1.807, 2.05) is 30.0 Å². The van der Waals surface area contributed by atoms with Crippen LogP contribution in [0.25, 0.3) is 0 Å². The molecule has 0 aliphatic carbocycles. The van der Waals surface area contributed by atoms with Gasteiger partial charge in [-0.05, 0) is 47.9 Å². The minimum atomic E-state index is -0.147. The summed E-state index contributed by atoms with van der Waals surface area (Å²) in [6.45, 7) is 12.8. The summed E-state index contributed by atoms with van der Waals surface area (Å²) in [5.41, 5.74) is 12.9. The van der Waals surface area contributed by atoms with Crippen molar-refractivity contribution in [1.82, 2.24) is 31.8 Å². The van der Waals surface area contributed by atoms with Crippen molar-refractivity contribution in [2.24, 2.45) is 11.3 Å². The molecule has 5 unspecified atom stereocenters. The van der Waals surface area contributed by atoms with E-state index in [4.69, 9.17) is 0 Å². The third-order valence-electron chi connectivity index (χ3n) is 8.11. The number of hydrogen-bond acceptors (Lipinski definition) is 7. The van der Waals surface area contributed by atoms with Gasteiger partial charge < -0.3 is 10.6 Å². The number of benzene rings is 2. The van der Waals surface area contributed by atoms with Crippen LogP contribution in [-0.2, 0) is 6.54 Å². The summed E-state index contributed by atoms with van der Waals surface area (Å²) < 4.78 is 0. The average Bonchev–Trinajstić information content (AvgIpc) is 3.53. The molecular formula is C30H45N7OS. The Morgan fingerprint density at radius 1 is 1.05 bits per heavy atom. The van der Waals surface area contributed by atoms with Crippen LogP contribution in [0.1, 0.15) is 59.4 Å². The van der Waals surface area contributed by atoms with Crippen molar-refractivity contribution in [2.75, 3.05) is 11.6 Å². The summed E-state index contributed by atoms with van der Waals surface area (Å²) in [6.07, 6.45) is 3.81. The zero-order chi connectivity index (χ0) is 27.6. The minimum absolute atomic E-state index is 0.0750. The van der Waals surface area contributed by atoms with Crippen molar-refractivity contribution in [2.45, 2.75) is 95.1 Å². The fourth-order valence-electron chi connectivity index (χ4n) is 5.81. The highest BCUT2D eigenvalue weighted by atomic mass is 32.2. The Bertz CT molecular complexity index is 1110. The molecule has 0 aromatic heterocycles. The number of piperidine rings is 1. The molecule has 3 heterocycles. The second-order valence-electron chi connectivity index (χ2n) is 12.4. The van der Waals surface area contributed by atoms with Crippen molar-refractivity contribution in [1.29, 1.82) is 0 Å². The summed E-state index contributed by atoms with van der Waals surface area (Å²) in [4.78, 5) is 17.0. The summed E-state index contributed by atoms with van der Waals surface area (Å²) in [5, 5.41) is 8.99. The molecule has 2 amide bonds. The van der Waals surface area contributed by atoms with Crippen LogP contribution in [0.2, 0.25) is 0 Å². The SMILES string of the molecule is CC(C)C1NNC2CCC(Sc3ccccc3CNC(=O)NC3CC(C(C)(C)C)NN3c3ccccc3)CN21. The Morgan fingerprint density at radius 3 is 2.54 bits per heavy atom. The molecule has 3 fully saturated rings. The third-order valence-corrected chi connectivity index (χ3v) is 9.48. The largest absolute Gasteiger partial charge is 0.334 e.